The fraction of sp³-hybridized carbons (Fsp3) is 0.333. The van der Waals surface area contributed by atoms with Crippen molar-refractivity contribution in [3.05, 3.63) is 59.7 Å². The van der Waals surface area contributed by atoms with Gasteiger partial charge in [-0.1, -0.05) is 36.4 Å². The SMILES string of the molecule is COc1ccc(C)cc1S(=O)(=O)NC1(c2ccccc2)CCC1. The maximum Gasteiger partial charge on any atom is 0.245 e. The van der Waals surface area contributed by atoms with Crippen LogP contribution in [0.4, 0.5) is 0 Å². The van der Waals surface area contributed by atoms with Gasteiger partial charge < -0.3 is 4.74 Å². The summed E-state index contributed by atoms with van der Waals surface area (Å²) in [7, 11) is -2.18. The number of rotatable bonds is 5. The van der Waals surface area contributed by atoms with Crippen molar-refractivity contribution < 1.29 is 13.2 Å². The molecule has 0 amide bonds. The van der Waals surface area contributed by atoms with Gasteiger partial charge in [-0.05, 0) is 49.4 Å². The maximum atomic E-state index is 13.0. The van der Waals surface area contributed by atoms with E-state index in [0.29, 0.717) is 5.75 Å². The zero-order valence-corrected chi connectivity index (χ0v) is 14.2. The second kappa shape index (κ2) is 5.98. The van der Waals surface area contributed by atoms with Crippen LogP contribution in [0.2, 0.25) is 0 Å². The summed E-state index contributed by atoms with van der Waals surface area (Å²) in [5.41, 5.74) is 1.39. The Hall–Kier alpha value is -1.85. The van der Waals surface area contributed by atoms with Gasteiger partial charge in [0.2, 0.25) is 10.0 Å². The lowest BCUT2D eigenvalue weighted by atomic mass is 9.73. The summed E-state index contributed by atoms with van der Waals surface area (Å²) < 4.78 is 34.1. The molecule has 122 valence electrons. The van der Waals surface area contributed by atoms with Crippen molar-refractivity contribution in [1.29, 1.82) is 0 Å². The third-order valence-electron chi connectivity index (χ3n) is 4.47. The van der Waals surface area contributed by atoms with Crippen LogP contribution >= 0.6 is 0 Å². The first-order chi connectivity index (χ1) is 11.0. The predicted molar refractivity (Wildman–Crippen MR) is 90.0 cm³/mol. The lowest BCUT2D eigenvalue weighted by Gasteiger charge is -2.42. The van der Waals surface area contributed by atoms with Crippen LogP contribution in [0.25, 0.3) is 0 Å². The molecule has 0 atom stereocenters. The molecule has 5 heteroatoms. The minimum absolute atomic E-state index is 0.196. The molecular formula is C18H21NO3S. The van der Waals surface area contributed by atoms with Gasteiger partial charge in [0.15, 0.2) is 0 Å². The van der Waals surface area contributed by atoms with Crippen molar-refractivity contribution in [2.75, 3.05) is 7.11 Å². The summed E-state index contributed by atoms with van der Waals surface area (Å²) in [5, 5.41) is 0. The fourth-order valence-electron chi connectivity index (χ4n) is 3.04. The summed E-state index contributed by atoms with van der Waals surface area (Å²) >= 11 is 0. The quantitative estimate of drug-likeness (QED) is 0.914. The Morgan fingerprint density at radius 1 is 1.09 bits per heavy atom. The zero-order valence-electron chi connectivity index (χ0n) is 13.4. The van der Waals surface area contributed by atoms with Crippen LogP contribution in [-0.4, -0.2) is 15.5 Å². The largest absolute Gasteiger partial charge is 0.495 e. The number of ether oxygens (including phenoxy) is 1. The molecule has 1 aliphatic carbocycles. The fourth-order valence-corrected chi connectivity index (χ4v) is 4.75. The molecule has 1 fully saturated rings. The van der Waals surface area contributed by atoms with Gasteiger partial charge in [0.25, 0.3) is 0 Å². The first-order valence-corrected chi connectivity index (χ1v) is 9.19. The molecule has 1 N–H and O–H groups in total. The molecule has 3 rings (SSSR count). The topological polar surface area (TPSA) is 55.4 Å². The Kier molecular flexibility index (Phi) is 4.17. The molecule has 0 bridgehead atoms. The first-order valence-electron chi connectivity index (χ1n) is 7.71. The van der Waals surface area contributed by atoms with E-state index < -0.39 is 15.6 Å². The highest BCUT2D eigenvalue weighted by atomic mass is 32.2. The third-order valence-corrected chi connectivity index (χ3v) is 6.03. The Labute approximate surface area is 137 Å². The van der Waals surface area contributed by atoms with Crippen molar-refractivity contribution in [2.45, 2.75) is 36.6 Å². The molecule has 0 aromatic heterocycles. The monoisotopic (exact) mass is 331 g/mol. The molecule has 0 aliphatic heterocycles. The maximum absolute atomic E-state index is 13.0. The summed E-state index contributed by atoms with van der Waals surface area (Å²) in [6.07, 6.45) is 2.64. The van der Waals surface area contributed by atoms with E-state index in [-0.39, 0.29) is 4.90 Å². The molecule has 0 heterocycles. The Morgan fingerprint density at radius 2 is 1.78 bits per heavy atom. The Bertz CT molecular complexity index is 796. The minimum atomic E-state index is -3.67. The lowest BCUT2D eigenvalue weighted by molar-refractivity contribution is 0.224. The van der Waals surface area contributed by atoms with Gasteiger partial charge in [-0.25, -0.2) is 13.1 Å². The van der Waals surface area contributed by atoms with Gasteiger partial charge >= 0.3 is 0 Å². The van der Waals surface area contributed by atoms with Gasteiger partial charge in [0.05, 0.1) is 12.6 Å². The van der Waals surface area contributed by atoms with E-state index in [1.165, 1.54) is 7.11 Å². The van der Waals surface area contributed by atoms with E-state index in [1.54, 1.807) is 12.1 Å². The van der Waals surface area contributed by atoms with Crippen LogP contribution in [0.5, 0.6) is 5.75 Å². The molecule has 1 aliphatic rings. The molecule has 23 heavy (non-hydrogen) atoms. The summed E-state index contributed by atoms with van der Waals surface area (Å²) in [5.74, 6) is 0.366. The second-order valence-corrected chi connectivity index (χ2v) is 7.71. The summed E-state index contributed by atoms with van der Waals surface area (Å²) in [6, 6.07) is 15.0. The van der Waals surface area contributed by atoms with E-state index in [0.717, 1.165) is 30.4 Å². The first kappa shape index (κ1) is 16.0. The van der Waals surface area contributed by atoms with Gasteiger partial charge in [-0.15, -0.1) is 0 Å². The van der Waals surface area contributed by atoms with Crippen LogP contribution in [-0.2, 0) is 15.6 Å². The molecule has 2 aromatic rings. The van der Waals surface area contributed by atoms with E-state index >= 15 is 0 Å². The second-order valence-electron chi connectivity index (χ2n) is 6.06. The number of methoxy groups -OCH3 is 1. The number of sulfonamides is 1. The van der Waals surface area contributed by atoms with E-state index in [1.807, 2.05) is 43.3 Å². The number of benzene rings is 2. The van der Waals surface area contributed by atoms with Crippen molar-refractivity contribution in [1.82, 2.24) is 4.72 Å². The van der Waals surface area contributed by atoms with Gasteiger partial charge in [0, 0.05) is 0 Å². The van der Waals surface area contributed by atoms with E-state index in [9.17, 15) is 8.42 Å². The average molecular weight is 331 g/mol. The van der Waals surface area contributed by atoms with Crippen molar-refractivity contribution in [3.8, 4) is 5.75 Å². The molecule has 0 spiro atoms. The smallest absolute Gasteiger partial charge is 0.245 e. The standard InChI is InChI=1S/C18H21NO3S/c1-14-9-10-16(22-2)17(13-14)23(20,21)19-18(11-6-12-18)15-7-4-3-5-8-15/h3-5,7-10,13,19H,6,11-12H2,1-2H3. The lowest BCUT2D eigenvalue weighted by Crippen LogP contribution is -2.50. The molecular weight excluding hydrogens is 310 g/mol. The predicted octanol–water partition coefficient (Wildman–Crippen LogP) is 3.36. The van der Waals surface area contributed by atoms with Crippen molar-refractivity contribution in [2.24, 2.45) is 0 Å². The molecule has 2 aromatic carbocycles. The van der Waals surface area contributed by atoms with E-state index in [2.05, 4.69) is 4.72 Å². The number of hydrogen-bond donors (Lipinski definition) is 1. The highest BCUT2D eigenvalue weighted by Crippen LogP contribution is 2.42. The van der Waals surface area contributed by atoms with Crippen LogP contribution in [0.1, 0.15) is 30.4 Å². The number of aryl methyl sites for hydroxylation is 1. The normalized spacial score (nSPS) is 16.6. The molecule has 0 saturated heterocycles. The van der Waals surface area contributed by atoms with Crippen LogP contribution in [0, 0.1) is 6.92 Å². The zero-order chi connectivity index (χ0) is 16.5. The van der Waals surface area contributed by atoms with Gasteiger partial charge in [-0.3, -0.25) is 0 Å². The molecule has 4 nitrogen and oxygen atoms in total. The minimum Gasteiger partial charge on any atom is -0.495 e. The van der Waals surface area contributed by atoms with Crippen molar-refractivity contribution in [3.63, 3.8) is 0 Å². The number of hydrogen-bond acceptors (Lipinski definition) is 3. The van der Waals surface area contributed by atoms with Gasteiger partial charge in [0.1, 0.15) is 10.6 Å². The molecule has 1 saturated carbocycles. The average Bonchev–Trinajstić information content (AvgIpc) is 2.52. The third kappa shape index (κ3) is 2.99. The van der Waals surface area contributed by atoms with Crippen molar-refractivity contribution >= 4 is 10.0 Å². The van der Waals surface area contributed by atoms with Crippen LogP contribution in [0.3, 0.4) is 0 Å². The van der Waals surface area contributed by atoms with Crippen LogP contribution in [0.15, 0.2) is 53.4 Å². The number of nitrogens with one attached hydrogen (secondary N) is 1. The summed E-state index contributed by atoms with van der Waals surface area (Å²) in [4.78, 5) is 0.196. The van der Waals surface area contributed by atoms with Gasteiger partial charge in [-0.2, -0.15) is 0 Å². The van der Waals surface area contributed by atoms with Crippen LogP contribution < -0.4 is 9.46 Å². The highest BCUT2D eigenvalue weighted by molar-refractivity contribution is 7.89. The highest BCUT2D eigenvalue weighted by Gasteiger charge is 2.42. The molecule has 0 radical (unpaired) electrons. The Morgan fingerprint density at radius 3 is 2.35 bits per heavy atom. The molecule has 0 unspecified atom stereocenters. The Balaban J connectivity index is 2.00. The summed E-state index contributed by atoms with van der Waals surface area (Å²) in [6.45, 7) is 1.87. The van der Waals surface area contributed by atoms with E-state index in [4.69, 9.17) is 4.74 Å².